The van der Waals surface area contributed by atoms with Gasteiger partial charge in [-0.15, -0.1) is 0 Å². The fourth-order valence-electron chi connectivity index (χ4n) is 2.72. The third-order valence-electron chi connectivity index (χ3n) is 4.39. The van der Waals surface area contributed by atoms with Gasteiger partial charge in [-0.05, 0) is 24.5 Å². The molecule has 0 saturated carbocycles. The molecule has 2 amide bonds. The minimum absolute atomic E-state index is 0.0278. The highest BCUT2D eigenvalue weighted by Gasteiger charge is 2.25. The summed E-state index contributed by atoms with van der Waals surface area (Å²) in [5.74, 6) is -0.944. The van der Waals surface area contributed by atoms with Crippen molar-refractivity contribution in [1.82, 2.24) is 9.80 Å². The van der Waals surface area contributed by atoms with Crippen LogP contribution in [-0.2, 0) is 4.79 Å². The monoisotopic (exact) mass is 336 g/mol. The summed E-state index contributed by atoms with van der Waals surface area (Å²) in [5, 5.41) is 9.86. The Hall–Kier alpha value is -1.95. The van der Waals surface area contributed by atoms with Crippen molar-refractivity contribution < 1.29 is 19.1 Å². The highest BCUT2D eigenvalue weighted by atomic mass is 19.1. The summed E-state index contributed by atoms with van der Waals surface area (Å²) < 4.78 is 13.8. The van der Waals surface area contributed by atoms with Crippen molar-refractivity contribution in [1.29, 1.82) is 0 Å². The average Bonchev–Trinajstić information content (AvgIpc) is 2.80. The molecule has 0 spiro atoms. The second-order valence-electron chi connectivity index (χ2n) is 6.52. The molecule has 1 aliphatic rings. The van der Waals surface area contributed by atoms with Gasteiger partial charge in [-0.2, -0.15) is 0 Å². The van der Waals surface area contributed by atoms with Gasteiger partial charge in [-0.1, -0.05) is 26.0 Å². The lowest BCUT2D eigenvalue weighted by molar-refractivity contribution is -0.133. The molecule has 2 rings (SSSR count). The summed E-state index contributed by atoms with van der Waals surface area (Å²) in [6.07, 6.45) is 0.0831. The minimum atomic E-state index is -0.656. The first-order valence-electron chi connectivity index (χ1n) is 8.39. The molecule has 0 aromatic heterocycles. The number of carbonyl (C=O) groups excluding carboxylic acids is 2. The predicted octanol–water partition coefficient (Wildman–Crippen LogP) is 1.91. The van der Waals surface area contributed by atoms with E-state index < -0.39 is 11.9 Å². The van der Waals surface area contributed by atoms with Gasteiger partial charge in [-0.3, -0.25) is 9.59 Å². The summed E-state index contributed by atoms with van der Waals surface area (Å²) in [6.45, 7) is 5.55. The van der Waals surface area contributed by atoms with Crippen LogP contribution in [0.5, 0.6) is 0 Å². The fraction of sp³-hybridized carbons (Fsp3) is 0.556. The SMILES string of the molecule is CC(C)C(O)CC(=O)N1CCCN(C(=O)c2ccccc2F)CC1. The maximum absolute atomic E-state index is 13.8. The molecule has 0 radical (unpaired) electrons. The first-order chi connectivity index (χ1) is 11.4. The zero-order chi connectivity index (χ0) is 17.7. The van der Waals surface area contributed by atoms with Gasteiger partial charge in [-0.25, -0.2) is 4.39 Å². The molecule has 132 valence electrons. The Morgan fingerprint density at radius 2 is 1.75 bits per heavy atom. The quantitative estimate of drug-likeness (QED) is 0.914. The number of nitrogens with zero attached hydrogens (tertiary/aromatic N) is 2. The Kier molecular flexibility index (Phi) is 6.31. The lowest BCUT2D eigenvalue weighted by atomic mass is 10.0. The average molecular weight is 336 g/mol. The molecule has 1 saturated heterocycles. The number of hydrogen-bond donors (Lipinski definition) is 1. The number of benzene rings is 1. The van der Waals surface area contributed by atoms with Gasteiger partial charge in [0.05, 0.1) is 18.1 Å². The molecular formula is C18H25FN2O3. The van der Waals surface area contributed by atoms with Crippen LogP contribution in [0.1, 0.15) is 37.0 Å². The normalized spacial score (nSPS) is 16.9. The molecule has 0 aliphatic carbocycles. The summed E-state index contributed by atoms with van der Waals surface area (Å²) in [4.78, 5) is 28.0. The van der Waals surface area contributed by atoms with Crippen LogP contribution in [0, 0.1) is 11.7 Å². The molecule has 24 heavy (non-hydrogen) atoms. The van der Waals surface area contributed by atoms with E-state index in [0.29, 0.717) is 32.6 Å². The van der Waals surface area contributed by atoms with E-state index in [9.17, 15) is 19.1 Å². The molecule has 1 aromatic rings. The van der Waals surface area contributed by atoms with Crippen molar-refractivity contribution in [3.05, 3.63) is 35.6 Å². The molecule has 1 aliphatic heterocycles. The van der Waals surface area contributed by atoms with E-state index in [1.54, 1.807) is 21.9 Å². The molecule has 1 N–H and O–H groups in total. The van der Waals surface area contributed by atoms with E-state index in [1.165, 1.54) is 12.1 Å². The molecule has 1 aromatic carbocycles. The van der Waals surface area contributed by atoms with Crippen LogP contribution in [0.4, 0.5) is 4.39 Å². The Morgan fingerprint density at radius 1 is 1.12 bits per heavy atom. The van der Waals surface area contributed by atoms with Crippen molar-refractivity contribution >= 4 is 11.8 Å². The summed E-state index contributed by atoms with van der Waals surface area (Å²) >= 11 is 0. The van der Waals surface area contributed by atoms with Crippen LogP contribution >= 0.6 is 0 Å². The highest BCUT2D eigenvalue weighted by Crippen LogP contribution is 2.14. The lowest BCUT2D eigenvalue weighted by Gasteiger charge is -2.24. The second kappa shape index (κ2) is 8.24. The van der Waals surface area contributed by atoms with Gasteiger partial charge in [0.25, 0.3) is 5.91 Å². The van der Waals surface area contributed by atoms with Crippen molar-refractivity contribution in [2.75, 3.05) is 26.2 Å². The van der Waals surface area contributed by atoms with Crippen molar-refractivity contribution in [3.8, 4) is 0 Å². The van der Waals surface area contributed by atoms with Crippen LogP contribution in [0.2, 0.25) is 0 Å². The lowest BCUT2D eigenvalue weighted by Crippen LogP contribution is -2.39. The fourth-order valence-corrected chi connectivity index (χ4v) is 2.72. The molecule has 1 fully saturated rings. The maximum Gasteiger partial charge on any atom is 0.256 e. The number of rotatable bonds is 4. The van der Waals surface area contributed by atoms with Crippen molar-refractivity contribution in [3.63, 3.8) is 0 Å². The zero-order valence-electron chi connectivity index (χ0n) is 14.2. The van der Waals surface area contributed by atoms with Crippen molar-refractivity contribution in [2.24, 2.45) is 5.92 Å². The number of amides is 2. The van der Waals surface area contributed by atoms with Gasteiger partial charge >= 0.3 is 0 Å². The van der Waals surface area contributed by atoms with E-state index in [1.807, 2.05) is 13.8 Å². The summed E-state index contributed by atoms with van der Waals surface area (Å²) in [6, 6.07) is 5.94. The number of hydrogen-bond acceptors (Lipinski definition) is 3. The molecule has 5 nitrogen and oxygen atoms in total. The van der Waals surface area contributed by atoms with E-state index in [0.717, 1.165) is 0 Å². The number of aliphatic hydroxyl groups is 1. The maximum atomic E-state index is 13.8. The first-order valence-corrected chi connectivity index (χ1v) is 8.39. The van der Waals surface area contributed by atoms with Gasteiger partial charge in [0.15, 0.2) is 0 Å². The Morgan fingerprint density at radius 3 is 2.42 bits per heavy atom. The van der Waals surface area contributed by atoms with Gasteiger partial charge in [0.2, 0.25) is 5.91 Å². The highest BCUT2D eigenvalue weighted by molar-refractivity contribution is 5.94. The van der Waals surface area contributed by atoms with E-state index in [-0.39, 0.29) is 29.7 Å². The topological polar surface area (TPSA) is 60.9 Å². The standard InChI is InChI=1S/C18H25FN2O3/c1-13(2)16(22)12-17(23)20-8-5-9-21(11-10-20)18(24)14-6-3-4-7-15(14)19/h3-4,6-7,13,16,22H,5,8-12H2,1-2H3. The van der Waals surface area contributed by atoms with Gasteiger partial charge in [0, 0.05) is 26.2 Å². The Labute approximate surface area is 142 Å². The Bertz CT molecular complexity index is 591. The molecule has 6 heteroatoms. The number of halogens is 1. The van der Waals surface area contributed by atoms with Crippen LogP contribution in [-0.4, -0.2) is 59.0 Å². The molecule has 1 unspecified atom stereocenters. The summed E-state index contributed by atoms with van der Waals surface area (Å²) in [5.41, 5.74) is 0.0625. The second-order valence-corrected chi connectivity index (χ2v) is 6.52. The predicted molar refractivity (Wildman–Crippen MR) is 89.0 cm³/mol. The third-order valence-corrected chi connectivity index (χ3v) is 4.39. The largest absolute Gasteiger partial charge is 0.392 e. The molecule has 1 heterocycles. The summed E-state index contributed by atoms with van der Waals surface area (Å²) in [7, 11) is 0. The third kappa shape index (κ3) is 4.54. The van der Waals surface area contributed by atoms with Crippen LogP contribution < -0.4 is 0 Å². The molecule has 1 atom stereocenters. The van der Waals surface area contributed by atoms with Gasteiger partial charge < -0.3 is 14.9 Å². The number of carbonyl (C=O) groups is 2. The molecular weight excluding hydrogens is 311 g/mol. The van der Waals surface area contributed by atoms with E-state index in [2.05, 4.69) is 0 Å². The first kappa shape index (κ1) is 18.4. The van der Waals surface area contributed by atoms with E-state index in [4.69, 9.17) is 0 Å². The van der Waals surface area contributed by atoms with E-state index >= 15 is 0 Å². The minimum Gasteiger partial charge on any atom is -0.392 e. The van der Waals surface area contributed by atoms with Crippen LogP contribution in [0.25, 0.3) is 0 Å². The molecule has 0 bridgehead atoms. The zero-order valence-corrected chi connectivity index (χ0v) is 14.2. The van der Waals surface area contributed by atoms with Crippen LogP contribution in [0.15, 0.2) is 24.3 Å². The Balaban J connectivity index is 1.96. The number of aliphatic hydroxyl groups excluding tert-OH is 1. The smallest absolute Gasteiger partial charge is 0.256 e. The van der Waals surface area contributed by atoms with Crippen molar-refractivity contribution in [2.45, 2.75) is 32.8 Å². The van der Waals surface area contributed by atoms with Crippen LogP contribution in [0.3, 0.4) is 0 Å². The van der Waals surface area contributed by atoms with Gasteiger partial charge in [0.1, 0.15) is 5.82 Å².